The molecule has 0 unspecified atom stereocenters. The molecule has 88 valence electrons. The minimum absolute atomic E-state index is 0.335. The van der Waals surface area contributed by atoms with Gasteiger partial charge in [-0.15, -0.1) is 0 Å². The van der Waals surface area contributed by atoms with Crippen molar-refractivity contribution in [1.82, 2.24) is 5.32 Å². The third kappa shape index (κ3) is 2.63. The van der Waals surface area contributed by atoms with Crippen molar-refractivity contribution >= 4 is 0 Å². The zero-order valence-electron chi connectivity index (χ0n) is 10.5. The average Bonchev–Trinajstić information content (AvgIpc) is 2.14. The number of nitrogens with one attached hydrogen (secondary N) is 1. The summed E-state index contributed by atoms with van der Waals surface area (Å²) in [6.45, 7) is 6.53. The molecule has 3 N–H and O–H groups in total. The lowest BCUT2D eigenvalue weighted by Crippen LogP contribution is -2.44. The van der Waals surface area contributed by atoms with E-state index in [1.807, 2.05) is 0 Å². The fourth-order valence-electron chi connectivity index (χ4n) is 2.78. The Kier molecular flexibility index (Phi) is 3.31. The van der Waals surface area contributed by atoms with Gasteiger partial charge < -0.3 is 11.1 Å². The second-order valence-electron chi connectivity index (χ2n) is 5.27. The van der Waals surface area contributed by atoms with Crippen LogP contribution in [0, 0.1) is 13.8 Å². The zero-order valence-corrected chi connectivity index (χ0v) is 10.5. The van der Waals surface area contributed by atoms with E-state index in [1.54, 1.807) is 0 Å². The molecule has 0 radical (unpaired) electrons. The lowest BCUT2D eigenvalue weighted by molar-refractivity contribution is 0.307. The first-order chi connectivity index (χ1) is 7.54. The topological polar surface area (TPSA) is 38.0 Å². The van der Waals surface area contributed by atoms with E-state index in [9.17, 15) is 0 Å². The summed E-state index contributed by atoms with van der Waals surface area (Å²) in [5.41, 5.74) is 10.2. The summed E-state index contributed by atoms with van der Waals surface area (Å²) in [5.74, 6) is 0. The molecule has 1 saturated heterocycles. The van der Waals surface area contributed by atoms with Crippen LogP contribution in [0.25, 0.3) is 0 Å². The molecule has 1 aliphatic rings. The maximum Gasteiger partial charge on any atom is 0.0337 e. The number of benzene rings is 1. The minimum atomic E-state index is 0.335. The highest BCUT2D eigenvalue weighted by molar-refractivity contribution is 5.31. The van der Waals surface area contributed by atoms with E-state index in [-0.39, 0.29) is 0 Å². The Balaban J connectivity index is 2.22. The predicted molar refractivity (Wildman–Crippen MR) is 68.5 cm³/mol. The second kappa shape index (κ2) is 4.56. The maximum absolute atomic E-state index is 6.09. The van der Waals surface area contributed by atoms with Crippen LogP contribution in [0.1, 0.15) is 42.5 Å². The quantitative estimate of drug-likeness (QED) is 0.760. The highest BCUT2D eigenvalue weighted by Gasteiger charge is 2.24. The van der Waals surface area contributed by atoms with Crippen molar-refractivity contribution in [3.8, 4) is 0 Å². The first kappa shape index (κ1) is 11.6. The molecular weight excluding hydrogens is 196 g/mol. The van der Waals surface area contributed by atoms with Crippen molar-refractivity contribution in [1.29, 1.82) is 0 Å². The number of piperidine rings is 1. The van der Waals surface area contributed by atoms with E-state index >= 15 is 0 Å². The van der Waals surface area contributed by atoms with Gasteiger partial charge in [0.2, 0.25) is 0 Å². The van der Waals surface area contributed by atoms with Crippen molar-refractivity contribution < 1.29 is 0 Å². The summed E-state index contributed by atoms with van der Waals surface area (Å²) < 4.78 is 0. The largest absolute Gasteiger partial charge is 0.328 e. The molecule has 1 heterocycles. The van der Waals surface area contributed by atoms with Gasteiger partial charge >= 0.3 is 0 Å². The van der Waals surface area contributed by atoms with E-state index in [0.717, 1.165) is 12.8 Å². The smallest absolute Gasteiger partial charge is 0.0337 e. The Morgan fingerprint density at radius 3 is 2.31 bits per heavy atom. The summed E-state index contributed by atoms with van der Waals surface area (Å²) in [5, 5.41) is 3.64. The van der Waals surface area contributed by atoms with E-state index in [4.69, 9.17) is 5.73 Å². The van der Waals surface area contributed by atoms with E-state index in [1.165, 1.54) is 16.7 Å². The van der Waals surface area contributed by atoms with E-state index < -0.39 is 0 Å². The lowest BCUT2D eigenvalue weighted by Gasteiger charge is -2.33. The molecule has 3 atom stereocenters. The number of nitrogens with two attached hydrogens (primary N) is 1. The fraction of sp³-hybridized carbons (Fsp3) is 0.571. The van der Waals surface area contributed by atoms with Gasteiger partial charge in [-0.25, -0.2) is 0 Å². The Morgan fingerprint density at radius 2 is 1.75 bits per heavy atom. The first-order valence-electron chi connectivity index (χ1n) is 6.14. The zero-order chi connectivity index (χ0) is 11.7. The van der Waals surface area contributed by atoms with Crippen LogP contribution in [0.2, 0.25) is 0 Å². The van der Waals surface area contributed by atoms with Gasteiger partial charge in [-0.05, 0) is 39.2 Å². The summed E-state index contributed by atoms with van der Waals surface area (Å²) in [4.78, 5) is 0. The van der Waals surface area contributed by atoms with Crippen molar-refractivity contribution in [3.05, 3.63) is 34.9 Å². The molecule has 2 nitrogen and oxygen atoms in total. The number of hydrogen-bond acceptors (Lipinski definition) is 2. The molecule has 1 fully saturated rings. The third-order valence-electron chi connectivity index (χ3n) is 3.33. The minimum Gasteiger partial charge on any atom is -0.328 e. The van der Waals surface area contributed by atoms with Gasteiger partial charge in [-0.1, -0.05) is 29.3 Å². The van der Waals surface area contributed by atoms with Crippen LogP contribution in [-0.4, -0.2) is 12.1 Å². The Bertz CT molecular complexity index is 343. The van der Waals surface area contributed by atoms with Crippen LogP contribution in [-0.2, 0) is 0 Å². The SMILES string of the molecule is Cc1cc(C)cc([C@@H]2C[C@@H](N)C[C@H](C)N2)c1. The maximum atomic E-state index is 6.09. The molecule has 2 heteroatoms. The predicted octanol–water partition coefficient (Wildman–Crippen LogP) is 2.44. The molecule has 1 aromatic carbocycles. The average molecular weight is 218 g/mol. The summed E-state index contributed by atoms with van der Waals surface area (Å²) in [6.07, 6.45) is 2.13. The summed E-state index contributed by atoms with van der Waals surface area (Å²) in [6, 6.07) is 8.05. The van der Waals surface area contributed by atoms with Crippen LogP contribution in [0.15, 0.2) is 18.2 Å². The first-order valence-corrected chi connectivity index (χ1v) is 6.14. The fourth-order valence-corrected chi connectivity index (χ4v) is 2.78. The highest BCUT2D eigenvalue weighted by Crippen LogP contribution is 2.26. The van der Waals surface area contributed by atoms with E-state index in [0.29, 0.717) is 18.1 Å². The summed E-state index contributed by atoms with van der Waals surface area (Å²) >= 11 is 0. The molecule has 0 aliphatic carbocycles. The van der Waals surface area contributed by atoms with Gasteiger partial charge in [0.1, 0.15) is 0 Å². The molecule has 16 heavy (non-hydrogen) atoms. The monoisotopic (exact) mass is 218 g/mol. The Hall–Kier alpha value is -0.860. The van der Waals surface area contributed by atoms with Gasteiger partial charge in [0.05, 0.1) is 0 Å². The van der Waals surface area contributed by atoms with Crippen LogP contribution in [0.3, 0.4) is 0 Å². The summed E-state index contributed by atoms with van der Waals surface area (Å²) in [7, 11) is 0. The molecule has 0 aromatic heterocycles. The number of rotatable bonds is 1. The molecule has 2 rings (SSSR count). The lowest BCUT2D eigenvalue weighted by atomic mass is 9.89. The molecular formula is C14H22N2. The van der Waals surface area contributed by atoms with Crippen molar-refractivity contribution in [3.63, 3.8) is 0 Å². The highest BCUT2D eigenvalue weighted by atomic mass is 15.0. The molecule has 0 bridgehead atoms. The van der Waals surface area contributed by atoms with Gasteiger partial charge in [0.15, 0.2) is 0 Å². The van der Waals surface area contributed by atoms with Gasteiger partial charge in [-0.2, -0.15) is 0 Å². The van der Waals surface area contributed by atoms with Gasteiger partial charge in [0, 0.05) is 18.1 Å². The van der Waals surface area contributed by atoms with Gasteiger partial charge in [-0.3, -0.25) is 0 Å². The van der Waals surface area contributed by atoms with Gasteiger partial charge in [0.25, 0.3) is 0 Å². The molecule has 0 saturated carbocycles. The third-order valence-corrected chi connectivity index (χ3v) is 3.33. The molecule has 1 aromatic rings. The standard InChI is InChI=1S/C14H22N2/c1-9-4-10(2)6-12(5-9)14-8-13(15)7-11(3)16-14/h4-6,11,13-14,16H,7-8,15H2,1-3H3/t11-,13-,14-/m0/s1. The molecule has 0 amide bonds. The van der Waals surface area contributed by atoms with Crippen molar-refractivity contribution in [2.45, 2.75) is 51.7 Å². The molecule has 1 aliphatic heterocycles. The van der Waals surface area contributed by atoms with Crippen LogP contribution in [0.5, 0.6) is 0 Å². The van der Waals surface area contributed by atoms with Crippen molar-refractivity contribution in [2.75, 3.05) is 0 Å². The van der Waals surface area contributed by atoms with Crippen LogP contribution < -0.4 is 11.1 Å². The van der Waals surface area contributed by atoms with Crippen LogP contribution >= 0.6 is 0 Å². The molecule has 0 spiro atoms. The van der Waals surface area contributed by atoms with Crippen LogP contribution in [0.4, 0.5) is 0 Å². The Morgan fingerprint density at radius 1 is 1.12 bits per heavy atom. The van der Waals surface area contributed by atoms with E-state index in [2.05, 4.69) is 44.3 Å². The Labute approximate surface area is 98.2 Å². The van der Waals surface area contributed by atoms with Crippen molar-refractivity contribution in [2.24, 2.45) is 5.73 Å². The normalized spacial score (nSPS) is 30.4. The number of hydrogen-bond donors (Lipinski definition) is 2. The second-order valence-corrected chi connectivity index (χ2v) is 5.27. The number of aryl methyl sites for hydroxylation is 2.